The fourth-order valence-electron chi connectivity index (χ4n) is 2.61. The SMILES string of the molecule is O=c1c2cnc3cc(Cl)cc(Cl)c3c2[nH]n1-c1ccccc1Cl. The summed E-state index contributed by atoms with van der Waals surface area (Å²) < 4.78 is 1.39. The summed E-state index contributed by atoms with van der Waals surface area (Å²) in [5.41, 5.74) is 1.53. The molecule has 0 saturated carbocycles. The Labute approximate surface area is 145 Å². The van der Waals surface area contributed by atoms with E-state index in [4.69, 9.17) is 34.8 Å². The Morgan fingerprint density at radius 1 is 1.04 bits per heavy atom. The number of pyridine rings is 1. The normalized spacial score (nSPS) is 11.4. The van der Waals surface area contributed by atoms with Crippen molar-refractivity contribution in [1.82, 2.24) is 14.8 Å². The Morgan fingerprint density at radius 2 is 1.83 bits per heavy atom. The summed E-state index contributed by atoms with van der Waals surface area (Å²) in [7, 11) is 0. The summed E-state index contributed by atoms with van der Waals surface area (Å²) >= 11 is 18.5. The summed E-state index contributed by atoms with van der Waals surface area (Å²) in [6.07, 6.45) is 1.51. The third kappa shape index (κ3) is 2.22. The van der Waals surface area contributed by atoms with Crippen molar-refractivity contribution in [1.29, 1.82) is 0 Å². The van der Waals surface area contributed by atoms with Crippen LogP contribution >= 0.6 is 34.8 Å². The van der Waals surface area contributed by atoms with Crippen LogP contribution in [0.4, 0.5) is 0 Å². The van der Waals surface area contributed by atoms with Crippen LogP contribution < -0.4 is 5.56 Å². The van der Waals surface area contributed by atoms with Gasteiger partial charge in [-0.1, -0.05) is 46.9 Å². The van der Waals surface area contributed by atoms with Crippen LogP contribution in [0.1, 0.15) is 0 Å². The maximum atomic E-state index is 12.7. The van der Waals surface area contributed by atoms with E-state index in [1.165, 1.54) is 10.9 Å². The second-order valence-corrected chi connectivity index (χ2v) is 6.28. The summed E-state index contributed by atoms with van der Waals surface area (Å²) in [6.45, 7) is 0. The number of benzene rings is 2. The van der Waals surface area contributed by atoms with Gasteiger partial charge in [0.2, 0.25) is 0 Å². The van der Waals surface area contributed by atoms with Gasteiger partial charge < -0.3 is 0 Å². The first kappa shape index (κ1) is 14.6. The van der Waals surface area contributed by atoms with Gasteiger partial charge in [-0.15, -0.1) is 0 Å². The molecular formula is C16H8Cl3N3O. The number of para-hydroxylation sites is 1. The van der Waals surface area contributed by atoms with E-state index in [0.717, 1.165) is 0 Å². The molecule has 114 valence electrons. The number of H-pyrrole nitrogens is 1. The molecule has 0 aliphatic carbocycles. The van der Waals surface area contributed by atoms with Gasteiger partial charge in [-0.2, -0.15) is 0 Å². The van der Waals surface area contributed by atoms with E-state index in [1.807, 2.05) is 6.07 Å². The molecule has 0 radical (unpaired) electrons. The summed E-state index contributed by atoms with van der Waals surface area (Å²) in [5.74, 6) is 0. The van der Waals surface area contributed by atoms with Crippen LogP contribution in [0.25, 0.3) is 27.5 Å². The van der Waals surface area contributed by atoms with Gasteiger partial charge in [0.25, 0.3) is 5.56 Å². The molecule has 2 heterocycles. The molecule has 0 atom stereocenters. The van der Waals surface area contributed by atoms with Gasteiger partial charge in [0.15, 0.2) is 0 Å². The lowest BCUT2D eigenvalue weighted by molar-refractivity contribution is 0.865. The molecule has 0 unspecified atom stereocenters. The lowest BCUT2D eigenvalue weighted by atomic mass is 10.2. The van der Waals surface area contributed by atoms with Crippen molar-refractivity contribution in [3.8, 4) is 5.69 Å². The molecule has 0 aliphatic heterocycles. The minimum absolute atomic E-state index is 0.242. The minimum atomic E-state index is -0.242. The molecule has 0 aliphatic rings. The topological polar surface area (TPSA) is 50.7 Å². The highest BCUT2D eigenvalue weighted by Gasteiger charge is 2.15. The highest BCUT2D eigenvalue weighted by molar-refractivity contribution is 6.40. The zero-order chi connectivity index (χ0) is 16.1. The van der Waals surface area contributed by atoms with Crippen molar-refractivity contribution in [3.05, 3.63) is 68.0 Å². The van der Waals surface area contributed by atoms with E-state index in [0.29, 0.717) is 42.6 Å². The van der Waals surface area contributed by atoms with Crippen LogP contribution in [0.15, 0.2) is 47.4 Å². The number of halogens is 3. The van der Waals surface area contributed by atoms with Gasteiger partial charge in [0.1, 0.15) is 0 Å². The average Bonchev–Trinajstić information content (AvgIpc) is 2.84. The summed E-state index contributed by atoms with van der Waals surface area (Å²) in [4.78, 5) is 17.0. The van der Waals surface area contributed by atoms with Crippen LogP contribution in [0.2, 0.25) is 15.1 Å². The highest BCUT2D eigenvalue weighted by atomic mass is 35.5. The van der Waals surface area contributed by atoms with Crippen LogP contribution in [-0.4, -0.2) is 14.8 Å². The van der Waals surface area contributed by atoms with Crippen LogP contribution in [0.5, 0.6) is 0 Å². The zero-order valence-corrected chi connectivity index (χ0v) is 13.7. The number of aromatic nitrogens is 3. The maximum absolute atomic E-state index is 12.7. The first-order valence-corrected chi connectivity index (χ1v) is 7.83. The summed E-state index contributed by atoms with van der Waals surface area (Å²) in [5, 5.41) is 5.54. The largest absolute Gasteiger partial charge is 0.289 e. The molecular weight excluding hydrogens is 357 g/mol. The number of rotatable bonds is 1. The van der Waals surface area contributed by atoms with Crippen molar-refractivity contribution in [3.63, 3.8) is 0 Å². The quantitative estimate of drug-likeness (QED) is 0.526. The number of aromatic amines is 1. The fraction of sp³-hybridized carbons (Fsp3) is 0. The van der Waals surface area contributed by atoms with E-state index in [-0.39, 0.29) is 5.56 Å². The van der Waals surface area contributed by atoms with Crippen LogP contribution in [-0.2, 0) is 0 Å². The van der Waals surface area contributed by atoms with Crippen molar-refractivity contribution in [2.45, 2.75) is 0 Å². The molecule has 0 saturated heterocycles. The molecule has 0 fully saturated rings. The number of nitrogens with one attached hydrogen (secondary N) is 1. The first-order valence-electron chi connectivity index (χ1n) is 6.69. The number of nitrogens with zero attached hydrogens (tertiary/aromatic N) is 2. The molecule has 1 N–H and O–H groups in total. The summed E-state index contributed by atoms with van der Waals surface area (Å²) in [6, 6.07) is 10.4. The lowest BCUT2D eigenvalue weighted by Gasteiger charge is -2.04. The predicted octanol–water partition coefficient (Wildman–Crippen LogP) is 4.83. The van der Waals surface area contributed by atoms with Crippen LogP contribution in [0.3, 0.4) is 0 Å². The van der Waals surface area contributed by atoms with Gasteiger partial charge in [0.05, 0.1) is 32.2 Å². The Hall–Kier alpha value is -2.01. The second kappa shape index (κ2) is 5.27. The Balaban J connectivity index is 2.15. The third-order valence-corrected chi connectivity index (χ3v) is 4.47. The number of fused-ring (bicyclic) bond motifs is 3. The van der Waals surface area contributed by atoms with Gasteiger partial charge in [0, 0.05) is 16.6 Å². The third-order valence-electron chi connectivity index (χ3n) is 3.64. The minimum Gasteiger partial charge on any atom is -0.289 e. The maximum Gasteiger partial charge on any atom is 0.280 e. The number of hydrogen-bond donors (Lipinski definition) is 1. The van der Waals surface area contributed by atoms with Crippen molar-refractivity contribution in [2.24, 2.45) is 0 Å². The molecule has 2 aromatic heterocycles. The molecule has 4 rings (SSSR count). The molecule has 4 aromatic rings. The van der Waals surface area contributed by atoms with E-state index >= 15 is 0 Å². The lowest BCUT2D eigenvalue weighted by Crippen LogP contribution is -2.14. The zero-order valence-electron chi connectivity index (χ0n) is 11.5. The molecule has 23 heavy (non-hydrogen) atoms. The van der Waals surface area contributed by atoms with Crippen LogP contribution in [0, 0.1) is 0 Å². The average molecular weight is 365 g/mol. The fourth-order valence-corrected chi connectivity index (χ4v) is 3.40. The number of hydrogen-bond acceptors (Lipinski definition) is 2. The Morgan fingerprint density at radius 3 is 2.61 bits per heavy atom. The first-order chi connectivity index (χ1) is 11.1. The monoisotopic (exact) mass is 363 g/mol. The second-order valence-electron chi connectivity index (χ2n) is 5.03. The molecule has 4 nitrogen and oxygen atoms in total. The molecule has 0 amide bonds. The van der Waals surface area contributed by atoms with Gasteiger partial charge >= 0.3 is 0 Å². The smallest absolute Gasteiger partial charge is 0.280 e. The molecule has 0 bridgehead atoms. The standard InChI is InChI=1S/C16H8Cl3N3O/c17-8-5-11(19)14-12(6-8)20-7-9-15(14)21-22(16(9)23)13-4-2-1-3-10(13)18/h1-7,21H. The van der Waals surface area contributed by atoms with E-state index in [2.05, 4.69) is 10.1 Å². The van der Waals surface area contributed by atoms with Gasteiger partial charge in [-0.25, -0.2) is 4.68 Å². The highest BCUT2D eigenvalue weighted by Crippen LogP contribution is 2.31. The Bertz CT molecular complexity index is 1130. The van der Waals surface area contributed by atoms with Crippen molar-refractivity contribution >= 4 is 56.6 Å². The van der Waals surface area contributed by atoms with E-state index < -0.39 is 0 Å². The van der Waals surface area contributed by atoms with Gasteiger partial charge in [-0.3, -0.25) is 14.9 Å². The van der Waals surface area contributed by atoms with Crippen molar-refractivity contribution < 1.29 is 0 Å². The van der Waals surface area contributed by atoms with Crippen molar-refractivity contribution in [2.75, 3.05) is 0 Å². The van der Waals surface area contributed by atoms with E-state index in [9.17, 15) is 4.79 Å². The molecule has 0 spiro atoms. The molecule has 7 heteroatoms. The Kier molecular flexibility index (Phi) is 3.34. The van der Waals surface area contributed by atoms with E-state index in [1.54, 1.807) is 30.3 Å². The van der Waals surface area contributed by atoms with Gasteiger partial charge in [-0.05, 0) is 24.3 Å². The molecule has 2 aromatic carbocycles. The predicted molar refractivity (Wildman–Crippen MR) is 94.2 cm³/mol.